The predicted octanol–water partition coefficient (Wildman–Crippen LogP) is 3.73. The number of ketones is 1. The van der Waals surface area contributed by atoms with Gasteiger partial charge >= 0.3 is 0 Å². The molecule has 0 aromatic rings. The fourth-order valence-corrected chi connectivity index (χ4v) is 2.35. The molecule has 0 N–H and O–H groups in total. The molecule has 1 rings (SSSR count). The van der Waals surface area contributed by atoms with Crippen molar-refractivity contribution in [1.29, 1.82) is 0 Å². The lowest BCUT2D eigenvalue weighted by molar-refractivity contribution is -0.128. The highest BCUT2D eigenvalue weighted by Gasteiger charge is 2.20. The number of hydrogen-bond acceptors (Lipinski definition) is 2. The van der Waals surface area contributed by atoms with Crippen LogP contribution in [0.3, 0.4) is 0 Å². The largest absolute Gasteiger partial charge is 0.374 e. The van der Waals surface area contributed by atoms with E-state index in [9.17, 15) is 4.79 Å². The molecule has 16 heavy (non-hydrogen) atoms. The maximum atomic E-state index is 11.8. The van der Waals surface area contributed by atoms with Gasteiger partial charge in [-0.3, -0.25) is 4.79 Å². The molecule has 0 bridgehead atoms. The van der Waals surface area contributed by atoms with E-state index in [0.29, 0.717) is 18.3 Å². The Labute approximate surface area is 99.8 Å². The van der Waals surface area contributed by atoms with Crippen LogP contribution in [-0.4, -0.2) is 19.0 Å². The molecule has 0 aliphatic heterocycles. The Morgan fingerprint density at radius 2 is 1.88 bits per heavy atom. The zero-order valence-corrected chi connectivity index (χ0v) is 10.7. The summed E-state index contributed by atoms with van der Waals surface area (Å²) in [6.07, 6.45) is 10.8. The van der Waals surface area contributed by atoms with E-state index in [2.05, 4.69) is 6.92 Å². The van der Waals surface area contributed by atoms with Gasteiger partial charge in [0.15, 0.2) is 5.78 Å². The van der Waals surface area contributed by atoms with Crippen molar-refractivity contribution in [3.63, 3.8) is 0 Å². The van der Waals surface area contributed by atoms with Gasteiger partial charge < -0.3 is 4.74 Å². The Morgan fingerprint density at radius 1 is 1.12 bits per heavy atom. The van der Waals surface area contributed by atoms with Crippen LogP contribution in [0.2, 0.25) is 0 Å². The fourth-order valence-electron chi connectivity index (χ4n) is 2.35. The highest BCUT2D eigenvalue weighted by atomic mass is 16.5. The molecule has 0 atom stereocenters. The normalized spacial score (nSPS) is 17.6. The Bertz CT molecular complexity index is 183. The van der Waals surface area contributed by atoms with Gasteiger partial charge in [0.05, 0.1) is 0 Å². The van der Waals surface area contributed by atoms with Crippen LogP contribution in [0.5, 0.6) is 0 Å². The summed E-state index contributed by atoms with van der Waals surface area (Å²) in [5.74, 6) is 0.652. The minimum absolute atomic E-state index is 0.310. The van der Waals surface area contributed by atoms with Gasteiger partial charge in [0.1, 0.15) is 6.61 Å². The molecule has 0 spiro atoms. The minimum atomic E-state index is 0.310. The van der Waals surface area contributed by atoms with Gasteiger partial charge in [0.2, 0.25) is 0 Å². The molecule has 0 saturated heterocycles. The van der Waals surface area contributed by atoms with Crippen molar-refractivity contribution >= 4 is 5.78 Å². The maximum absolute atomic E-state index is 11.8. The Balaban J connectivity index is 1.97. The molecule has 1 saturated carbocycles. The second-order valence-electron chi connectivity index (χ2n) is 4.91. The molecule has 0 radical (unpaired) electrons. The number of unbranched alkanes of at least 4 members (excludes halogenated alkanes) is 3. The molecule has 0 unspecified atom stereocenters. The molecule has 0 heterocycles. The van der Waals surface area contributed by atoms with Gasteiger partial charge in [-0.25, -0.2) is 0 Å². The van der Waals surface area contributed by atoms with Gasteiger partial charge in [-0.15, -0.1) is 0 Å². The summed E-state index contributed by atoms with van der Waals surface area (Å²) in [6.45, 7) is 3.32. The van der Waals surface area contributed by atoms with Crippen molar-refractivity contribution < 1.29 is 9.53 Å². The first-order valence-corrected chi connectivity index (χ1v) is 6.95. The lowest BCUT2D eigenvalue weighted by Crippen LogP contribution is -2.22. The maximum Gasteiger partial charge on any atom is 0.161 e. The number of Topliss-reactive ketones (excluding diaryl/α,β-unsaturated/α-hetero) is 1. The van der Waals surface area contributed by atoms with E-state index in [1.807, 2.05) is 0 Å². The van der Waals surface area contributed by atoms with Crippen LogP contribution in [0.1, 0.15) is 64.7 Å². The van der Waals surface area contributed by atoms with Crippen molar-refractivity contribution in [2.75, 3.05) is 13.2 Å². The SMILES string of the molecule is CCCCCCOCC(=O)C1CCCCC1. The molecule has 0 amide bonds. The van der Waals surface area contributed by atoms with E-state index in [1.54, 1.807) is 0 Å². The van der Waals surface area contributed by atoms with Gasteiger partial charge in [-0.1, -0.05) is 45.4 Å². The van der Waals surface area contributed by atoms with Gasteiger partial charge in [-0.2, -0.15) is 0 Å². The highest BCUT2D eigenvalue weighted by Crippen LogP contribution is 2.24. The van der Waals surface area contributed by atoms with Crippen LogP contribution in [0.4, 0.5) is 0 Å². The third-order valence-corrected chi connectivity index (χ3v) is 3.45. The third kappa shape index (κ3) is 5.64. The molecule has 94 valence electrons. The third-order valence-electron chi connectivity index (χ3n) is 3.45. The fraction of sp³-hybridized carbons (Fsp3) is 0.929. The monoisotopic (exact) mass is 226 g/mol. The number of ether oxygens (including phenoxy) is 1. The standard InChI is InChI=1S/C14H26O2/c1-2-3-4-8-11-16-12-14(15)13-9-6-5-7-10-13/h13H,2-12H2,1H3. The van der Waals surface area contributed by atoms with E-state index in [1.165, 1.54) is 38.5 Å². The smallest absolute Gasteiger partial charge is 0.161 e. The number of hydrogen-bond donors (Lipinski definition) is 0. The summed E-state index contributed by atoms with van der Waals surface area (Å²) in [7, 11) is 0. The summed E-state index contributed by atoms with van der Waals surface area (Å²) in [4.78, 5) is 11.8. The Hall–Kier alpha value is -0.370. The lowest BCUT2D eigenvalue weighted by Gasteiger charge is -2.20. The number of carbonyl (C=O) groups excluding carboxylic acids is 1. The highest BCUT2D eigenvalue weighted by molar-refractivity contribution is 5.82. The average molecular weight is 226 g/mol. The van der Waals surface area contributed by atoms with Crippen LogP contribution in [0.15, 0.2) is 0 Å². The zero-order chi connectivity index (χ0) is 11.6. The van der Waals surface area contributed by atoms with Crippen LogP contribution in [-0.2, 0) is 9.53 Å². The molecular weight excluding hydrogens is 200 g/mol. The molecule has 0 aromatic carbocycles. The second-order valence-corrected chi connectivity index (χ2v) is 4.91. The van der Waals surface area contributed by atoms with Crippen molar-refractivity contribution in [2.45, 2.75) is 64.7 Å². The number of rotatable bonds is 8. The molecule has 0 aromatic heterocycles. The molecule has 1 aliphatic carbocycles. The average Bonchev–Trinajstić information content (AvgIpc) is 2.34. The van der Waals surface area contributed by atoms with E-state index in [0.717, 1.165) is 25.9 Å². The van der Waals surface area contributed by atoms with Crippen LogP contribution < -0.4 is 0 Å². The lowest BCUT2D eigenvalue weighted by atomic mass is 9.86. The van der Waals surface area contributed by atoms with Crippen molar-refractivity contribution in [3.05, 3.63) is 0 Å². The Kier molecular flexibility index (Phi) is 7.48. The minimum Gasteiger partial charge on any atom is -0.374 e. The van der Waals surface area contributed by atoms with E-state index in [4.69, 9.17) is 4.74 Å². The van der Waals surface area contributed by atoms with Crippen LogP contribution >= 0.6 is 0 Å². The predicted molar refractivity (Wildman–Crippen MR) is 66.5 cm³/mol. The summed E-state index contributed by atoms with van der Waals surface area (Å²) >= 11 is 0. The summed E-state index contributed by atoms with van der Waals surface area (Å²) in [6, 6.07) is 0. The number of carbonyl (C=O) groups is 1. The summed E-state index contributed by atoms with van der Waals surface area (Å²) < 4.78 is 5.45. The first-order chi connectivity index (χ1) is 7.84. The first-order valence-electron chi connectivity index (χ1n) is 6.95. The summed E-state index contributed by atoms with van der Waals surface area (Å²) in [5, 5.41) is 0. The molecule has 2 heteroatoms. The quantitative estimate of drug-likeness (QED) is 0.589. The van der Waals surface area contributed by atoms with Crippen LogP contribution in [0.25, 0.3) is 0 Å². The Morgan fingerprint density at radius 3 is 2.56 bits per heavy atom. The van der Waals surface area contributed by atoms with Gasteiger partial charge in [0.25, 0.3) is 0 Å². The van der Waals surface area contributed by atoms with Crippen molar-refractivity contribution in [1.82, 2.24) is 0 Å². The molecule has 1 aliphatic rings. The molecular formula is C14H26O2. The molecule has 2 nitrogen and oxygen atoms in total. The summed E-state index contributed by atoms with van der Waals surface area (Å²) in [5.41, 5.74) is 0. The van der Waals surface area contributed by atoms with Crippen molar-refractivity contribution in [2.24, 2.45) is 5.92 Å². The topological polar surface area (TPSA) is 26.3 Å². The van der Waals surface area contributed by atoms with Gasteiger partial charge in [-0.05, 0) is 19.3 Å². The van der Waals surface area contributed by atoms with E-state index >= 15 is 0 Å². The zero-order valence-electron chi connectivity index (χ0n) is 10.7. The van der Waals surface area contributed by atoms with Crippen molar-refractivity contribution in [3.8, 4) is 0 Å². The second kappa shape index (κ2) is 8.74. The van der Waals surface area contributed by atoms with E-state index in [-0.39, 0.29) is 0 Å². The van der Waals surface area contributed by atoms with Crippen LogP contribution in [0, 0.1) is 5.92 Å². The first kappa shape index (κ1) is 13.7. The van der Waals surface area contributed by atoms with Gasteiger partial charge in [0, 0.05) is 12.5 Å². The van der Waals surface area contributed by atoms with E-state index < -0.39 is 0 Å². The molecule has 1 fully saturated rings.